The van der Waals surface area contributed by atoms with E-state index < -0.39 is 0 Å². The minimum absolute atomic E-state index is 0.282. The number of para-hydroxylation sites is 1. The number of rotatable bonds is 4. The standard InChI is InChI=1S/C20H24N2O2/c1-15-18(20(23)24-2)9-6-10-19(15)21-16-11-13-22(14-12-16)17-7-4-3-5-8-17/h3-10,16,21H,11-14H2,1-2H3. The summed E-state index contributed by atoms with van der Waals surface area (Å²) in [5.74, 6) is -0.282. The monoisotopic (exact) mass is 324 g/mol. The van der Waals surface area contributed by atoms with Crippen molar-refractivity contribution in [3.05, 3.63) is 59.7 Å². The topological polar surface area (TPSA) is 41.6 Å². The second-order valence-corrected chi connectivity index (χ2v) is 6.21. The fourth-order valence-corrected chi connectivity index (χ4v) is 3.26. The maximum absolute atomic E-state index is 11.8. The van der Waals surface area contributed by atoms with Gasteiger partial charge in [0.2, 0.25) is 0 Å². The van der Waals surface area contributed by atoms with E-state index in [1.165, 1.54) is 12.8 Å². The Hall–Kier alpha value is -2.49. The quantitative estimate of drug-likeness (QED) is 0.867. The second-order valence-electron chi connectivity index (χ2n) is 6.21. The summed E-state index contributed by atoms with van der Waals surface area (Å²) in [4.78, 5) is 14.2. The third kappa shape index (κ3) is 3.53. The Labute approximate surface area is 143 Å². The number of anilines is 2. The van der Waals surface area contributed by atoms with E-state index in [-0.39, 0.29) is 5.97 Å². The van der Waals surface area contributed by atoms with Crippen LogP contribution in [0.25, 0.3) is 0 Å². The summed E-state index contributed by atoms with van der Waals surface area (Å²) in [6.45, 7) is 4.04. The van der Waals surface area contributed by atoms with Crippen LogP contribution in [-0.2, 0) is 4.74 Å². The average molecular weight is 324 g/mol. The van der Waals surface area contributed by atoms with Crippen LogP contribution in [0.4, 0.5) is 11.4 Å². The Kier molecular flexibility index (Phi) is 5.04. The summed E-state index contributed by atoms with van der Waals surface area (Å²) in [6, 6.07) is 16.7. The smallest absolute Gasteiger partial charge is 0.338 e. The lowest BCUT2D eigenvalue weighted by Crippen LogP contribution is -2.39. The first-order valence-electron chi connectivity index (χ1n) is 8.43. The molecule has 0 bridgehead atoms. The number of hydrogen-bond acceptors (Lipinski definition) is 4. The zero-order chi connectivity index (χ0) is 16.9. The molecule has 4 nitrogen and oxygen atoms in total. The van der Waals surface area contributed by atoms with Crippen LogP contribution in [0.5, 0.6) is 0 Å². The van der Waals surface area contributed by atoms with Crippen molar-refractivity contribution in [1.82, 2.24) is 0 Å². The molecule has 2 aromatic carbocycles. The summed E-state index contributed by atoms with van der Waals surface area (Å²) in [7, 11) is 1.42. The van der Waals surface area contributed by atoms with Gasteiger partial charge in [0.25, 0.3) is 0 Å². The third-order valence-electron chi connectivity index (χ3n) is 4.72. The molecule has 0 radical (unpaired) electrons. The number of benzene rings is 2. The van der Waals surface area contributed by atoms with Gasteiger partial charge in [0, 0.05) is 30.5 Å². The summed E-state index contributed by atoms with van der Waals surface area (Å²) >= 11 is 0. The van der Waals surface area contributed by atoms with Gasteiger partial charge < -0.3 is 15.0 Å². The van der Waals surface area contributed by atoms with Crippen molar-refractivity contribution in [1.29, 1.82) is 0 Å². The van der Waals surface area contributed by atoms with Crippen LogP contribution < -0.4 is 10.2 Å². The van der Waals surface area contributed by atoms with Crippen LogP contribution in [0.15, 0.2) is 48.5 Å². The first-order valence-corrected chi connectivity index (χ1v) is 8.43. The zero-order valence-corrected chi connectivity index (χ0v) is 14.3. The summed E-state index contributed by atoms with van der Waals surface area (Å²) in [5.41, 5.74) is 3.90. The van der Waals surface area contributed by atoms with Crippen LogP contribution in [0, 0.1) is 6.92 Å². The number of carbonyl (C=O) groups excluding carboxylic acids is 1. The molecule has 1 fully saturated rings. The maximum atomic E-state index is 11.8. The van der Waals surface area contributed by atoms with E-state index in [9.17, 15) is 4.79 Å². The lowest BCUT2D eigenvalue weighted by Gasteiger charge is -2.34. The van der Waals surface area contributed by atoms with E-state index in [4.69, 9.17) is 4.74 Å². The molecule has 0 atom stereocenters. The molecular weight excluding hydrogens is 300 g/mol. The average Bonchev–Trinajstić information content (AvgIpc) is 2.64. The van der Waals surface area contributed by atoms with Gasteiger partial charge in [-0.25, -0.2) is 4.79 Å². The number of methoxy groups -OCH3 is 1. The van der Waals surface area contributed by atoms with Gasteiger partial charge in [0.15, 0.2) is 0 Å². The molecule has 2 aromatic rings. The molecule has 3 rings (SSSR count). The van der Waals surface area contributed by atoms with Gasteiger partial charge in [-0.05, 0) is 49.6 Å². The summed E-state index contributed by atoms with van der Waals surface area (Å²) < 4.78 is 4.85. The summed E-state index contributed by atoms with van der Waals surface area (Å²) in [5, 5.41) is 3.61. The molecular formula is C20H24N2O2. The van der Waals surface area contributed by atoms with Crippen molar-refractivity contribution >= 4 is 17.3 Å². The zero-order valence-electron chi connectivity index (χ0n) is 14.3. The number of ether oxygens (including phenoxy) is 1. The molecule has 126 valence electrons. The Bertz CT molecular complexity index is 692. The van der Waals surface area contributed by atoms with Crippen molar-refractivity contribution < 1.29 is 9.53 Å². The van der Waals surface area contributed by atoms with Crippen LogP contribution in [0.3, 0.4) is 0 Å². The molecule has 0 aromatic heterocycles. The molecule has 1 aliphatic heterocycles. The minimum atomic E-state index is -0.282. The van der Waals surface area contributed by atoms with Crippen LogP contribution in [0.2, 0.25) is 0 Å². The Morgan fingerprint density at radius 2 is 1.79 bits per heavy atom. The van der Waals surface area contributed by atoms with E-state index in [1.807, 2.05) is 25.1 Å². The largest absolute Gasteiger partial charge is 0.465 e. The van der Waals surface area contributed by atoms with Gasteiger partial charge in [0.05, 0.1) is 12.7 Å². The highest BCUT2D eigenvalue weighted by atomic mass is 16.5. The first kappa shape index (κ1) is 16.4. The Morgan fingerprint density at radius 3 is 2.46 bits per heavy atom. The molecule has 24 heavy (non-hydrogen) atoms. The van der Waals surface area contributed by atoms with Crippen molar-refractivity contribution in [2.24, 2.45) is 0 Å². The van der Waals surface area contributed by atoms with E-state index >= 15 is 0 Å². The van der Waals surface area contributed by atoms with E-state index in [0.29, 0.717) is 11.6 Å². The number of nitrogens with zero attached hydrogens (tertiary/aromatic N) is 1. The van der Waals surface area contributed by atoms with Crippen LogP contribution in [-0.4, -0.2) is 32.2 Å². The summed E-state index contributed by atoms with van der Waals surface area (Å²) in [6.07, 6.45) is 2.16. The van der Waals surface area contributed by atoms with Gasteiger partial charge in [-0.1, -0.05) is 24.3 Å². The third-order valence-corrected chi connectivity index (χ3v) is 4.72. The number of piperidine rings is 1. The van der Waals surface area contributed by atoms with Gasteiger partial charge in [-0.2, -0.15) is 0 Å². The molecule has 0 amide bonds. The minimum Gasteiger partial charge on any atom is -0.465 e. The van der Waals surface area contributed by atoms with Crippen molar-refractivity contribution in [2.75, 3.05) is 30.4 Å². The second kappa shape index (κ2) is 7.39. The first-order chi connectivity index (χ1) is 11.7. The van der Waals surface area contributed by atoms with E-state index in [1.54, 1.807) is 0 Å². The predicted octanol–water partition coefficient (Wildman–Crippen LogP) is 3.86. The molecule has 0 aliphatic carbocycles. The van der Waals surface area contributed by atoms with E-state index in [2.05, 4.69) is 40.5 Å². The number of hydrogen-bond donors (Lipinski definition) is 1. The number of esters is 1. The van der Waals surface area contributed by atoms with Crippen molar-refractivity contribution in [3.8, 4) is 0 Å². The van der Waals surface area contributed by atoms with Crippen molar-refractivity contribution in [3.63, 3.8) is 0 Å². The lowest BCUT2D eigenvalue weighted by atomic mass is 10.0. The highest BCUT2D eigenvalue weighted by molar-refractivity contribution is 5.92. The highest BCUT2D eigenvalue weighted by Gasteiger charge is 2.20. The lowest BCUT2D eigenvalue weighted by molar-refractivity contribution is 0.0600. The number of nitrogens with one attached hydrogen (secondary N) is 1. The SMILES string of the molecule is COC(=O)c1cccc(NC2CCN(c3ccccc3)CC2)c1C. The molecule has 1 saturated heterocycles. The molecule has 0 unspecified atom stereocenters. The normalized spacial score (nSPS) is 15.2. The van der Waals surface area contributed by atoms with Gasteiger partial charge >= 0.3 is 5.97 Å². The predicted molar refractivity (Wildman–Crippen MR) is 97.8 cm³/mol. The molecule has 1 N–H and O–H groups in total. The van der Waals surface area contributed by atoms with Gasteiger partial charge in [-0.3, -0.25) is 0 Å². The fraction of sp³-hybridized carbons (Fsp3) is 0.350. The van der Waals surface area contributed by atoms with Gasteiger partial charge in [-0.15, -0.1) is 0 Å². The number of carbonyl (C=O) groups is 1. The molecule has 4 heteroatoms. The molecule has 1 aliphatic rings. The highest BCUT2D eigenvalue weighted by Crippen LogP contribution is 2.25. The van der Waals surface area contributed by atoms with Crippen molar-refractivity contribution in [2.45, 2.75) is 25.8 Å². The molecule has 0 spiro atoms. The Morgan fingerprint density at radius 1 is 1.08 bits per heavy atom. The van der Waals surface area contributed by atoms with Crippen LogP contribution in [0.1, 0.15) is 28.8 Å². The maximum Gasteiger partial charge on any atom is 0.338 e. The molecule has 0 saturated carbocycles. The molecule has 1 heterocycles. The Balaban J connectivity index is 1.63. The van der Waals surface area contributed by atoms with Gasteiger partial charge in [0.1, 0.15) is 0 Å². The van der Waals surface area contributed by atoms with E-state index in [0.717, 1.165) is 37.2 Å². The fourth-order valence-electron chi connectivity index (χ4n) is 3.26. The van der Waals surface area contributed by atoms with Crippen LogP contribution >= 0.6 is 0 Å².